The summed E-state index contributed by atoms with van der Waals surface area (Å²) in [6.45, 7) is 4.40. The van der Waals surface area contributed by atoms with Crippen molar-refractivity contribution in [2.24, 2.45) is 0 Å². The molecule has 7 heteroatoms. The van der Waals surface area contributed by atoms with Gasteiger partial charge in [-0.15, -0.1) is 0 Å². The van der Waals surface area contributed by atoms with Crippen LogP contribution in [0, 0.1) is 0 Å². The second-order valence-corrected chi connectivity index (χ2v) is 4.57. The van der Waals surface area contributed by atoms with Gasteiger partial charge in [0.15, 0.2) is 5.82 Å². The molecule has 0 aliphatic heterocycles. The van der Waals surface area contributed by atoms with Crippen molar-refractivity contribution in [3.63, 3.8) is 0 Å². The average molecular weight is 270 g/mol. The molecule has 0 saturated heterocycles. The van der Waals surface area contributed by atoms with E-state index in [0.29, 0.717) is 23.9 Å². The minimum absolute atomic E-state index is 0.0190. The van der Waals surface area contributed by atoms with E-state index in [-0.39, 0.29) is 12.7 Å². The Morgan fingerprint density at radius 1 is 1.42 bits per heavy atom. The number of hydrogen-bond acceptors (Lipinski definition) is 7. The molecule has 19 heavy (non-hydrogen) atoms. The van der Waals surface area contributed by atoms with Gasteiger partial charge in [-0.3, -0.25) is 0 Å². The van der Waals surface area contributed by atoms with Crippen LogP contribution in [0.5, 0.6) is 5.88 Å². The number of nitrogens with zero attached hydrogens (tertiary/aromatic N) is 3. The minimum atomic E-state index is -0.612. The molecule has 3 N–H and O–H groups in total. The van der Waals surface area contributed by atoms with Crippen LogP contribution >= 0.6 is 0 Å². The number of methoxy groups -OCH3 is 1. The Morgan fingerprint density at radius 3 is 2.68 bits per heavy atom. The molecule has 7 nitrogen and oxygen atoms in total. The molecule has 0 fully saturated rings. The number of anilines is 2. The molecular formula is C12H22N4O3. The van der Waals surface area contributed by atoms with Gasteiger partial charge >= 0.3 is 0 Å². The highest BCUT2D eigenvalue weighted by atomic mass is 16.5. The topological polar surface area (TPSA) is 93.7 Å². The van der Waals surface area contributed by atoms with E-state index < -0.39 is 6.10 Å². The minimum Gasteiger partial charge on any atom is -0.473 e. The van der Waals surface area contributed by atoms with Crippen LogP contribution < -0.4 is 15.4 Å². The highest BCUT2D eigenvalue weighted by Crippen LogP contribution is 2.27. The van der Waals surface area contributed by atoms with Crippen molar-refractivity contribution >= 4 is 11.5 Å². The Kier molecular flexibility index (Phi) is 5.78. The Balaban J connectivity index is 2.82. The summed E-state index contributed by atoms with van der Waals surface area (Å²) >= 11 is 0. The lowest BCUT2D eigenvalue weighted by atomic mass is 10.3. The zero-order chi connectivity index (χ0) is 14.4. The third kappa shape index (κ3) is 4.53. The van der Waals surface area contributed by atoms with E-state index in [1.54, 1.807) is 11.9 Å². The summed E-state index contributed by atoms with van der Waals surface area (Å²) < 4.78 is 10.4. The molecule has 1 rings (SSSR count). The molecular weight excluding hydrogens is 248 g/mol. The maximum absolute atomic E-state index is 9.70. The van der Waals surface area contributed by atoms with E-state index in [4.69, 9.17) is 15.2 Å². The first-order valence-corrected chi connectivity index (χ1v) is 6.11. The molecule has 0 spiro atoms. The molecule has 1 atom stereocenters. The van der Waals surface area contributed by atoms with Crippen LogP contribution in [0.25, 0.3) is 0 Å². The van der Waals surface area contributed by atoms with Crippen LogP contribution in [0.2, 0.25) is 0 Å². The number of ether oxygens (including phenoxy) is 2. The van der Waals surface area contributed by atoms with Crippen LogP contribution in [-0.4, -0.2) is 54.6 Å². The molecule has 0 aromatic carbocycles. The number of nitrogens with two attached hydrogens (primary N) is 1. The van der Waals surface area contributed by atoms with Crippen LogP contribution in [-0.2, 0) is 4.74 Å². The van der Waals surface area contributed by atoms with E-state index in [1.165, 1.54) is 13.4 Å². The van der Waals surface area contributed by atoms with Gasteiger partial charge in [-0.05, 0) is 13.8 Å². The second-order valence-electron chi connectivity index (χ2n) is 4.57. The van der Waals surface area contributed by atoms with Crippen molar-refractivity contribution < 1.29 is 14.6 Å². The lowest BCUT2D eigenvalue weighted by molar-refractivity contribution is 0.0694. The quantitative estimate of drug-likeness (QED) is 0.735. The monoisotopic (exact) mass is 270 g/mol. The summed E-state index contributed by atoms with van der Waals surface area (Å²) in [7, 11) is 3.33. The number of aliphatic hydroxyl groups excluding tert-OH is 1. The number of hydrogen-bond donors (Lipinski definition) is 2. The third-order valence-corrected chi connectivity index (χ3v) is 2.38. The maximum atomic E-state index is 9.70. The average Bonchev–Trinajstić information content (AvgIpc) is 2.31. The lowest BCUT2D eigenvalue weighted by Gasteiger charge is -2.23. The lowest BCUT2D eigenvalue weighted by Crippen LogP contribution is -2.33. The highest BCUT2D eigenvalue weighted by molar-refractivity contribution is 5.67. The molecule has 0 amide bonds. The summed E-state index contributed by atoms with van der Waals surface area (Å²) in [4.78, 5) is 9.87. The predicted octanol–water partition coefficient (Wildman–Crippen LogP) is 0.289. The molecule has 1 unspecified atom stereocenters. The van der Waals surface area contributed by atoms with Gasteiger partial charge in [0.2, 0.25) is 5.88 Å². The maximum Gasteiger partial charge on any atom is 0.242 e. The highest BCUT2D eigenvalue weighted by Gasteiger charge is 2.16. The van der Waals surface area contributed by atoms with E-state index in [9.17, 15) is 5.11 Å². The third-order valence-electron chi connectivity index (χ3n) is 2.38. The summed E-state index contributed by atoms with van der Waals surface area (Å²) in [5.41, 5.74) is 6.34. The predicted molar refractivity (Wildman–Crippen MR) is 73.4 cm³/mol. The van der Waals surface area contributed by atoms with Gasteiger partial charge in [-0.25, -0.2) is 4.98 Å². The van der Waals surface area contributed by atoms with E-state index in [0.717, 1.165) is 0 Å². The first-order chi connectivity index (χ1) is 8.95. The van der Waals surface area contributed by atoms with Gasteiger partial charge in [-0.1, -0.05) is 0 Å². The van der Waals surface area contributed by atoms with Gasteiger partial charge in [-0.2, -0.15) is 4.98 Å². The van der Waals surface area contributed by atoms with Crippen LogP contribution in [0.3, 0.4) is 0 Å². The number of nitrogen functional groups attached to an aromatic ring is 1. The Bertz CT molecular complexity index is 401. The number of aliphatic hydroxyl groups is 1. The number of likely N-dealkylation sites (N-methyl/N-ethyl adjacent to an activating group) is 1. The van der Waals surface area contributed by atoms with Crippen molar-refractivity contribution in [3.05, 3.63) is 6.33 Å². The Hall–Kier alpha value is -1.60. The normalized spacial score (nSPS) is 12.5. The van der Waals surface area contributed by atoms with E-state index in [2.05, 4.69) is 9.97 Å². The van der Waals surface area contributed by atoms with Crippen molar-refractivity contribution in [2.45, 2.75) is 26.1 Å². The van der Waals surface area contributed by atoms with Crippen molar-refractivity contribution in [3.8, 4) is 5.88 Å². The van der Waals surface area contributed by atoms with Crippen molar-refractivity contribution in [2.75, 3.05) is 37.9 Å². The number of aromatic nitrogens is 2. The zero-order valence-electron chi connectivity index (χ0n) is 11.8. The van der Waals surface area contributed by atoms with E-state index >= 15 is 0 Å². The van der Waals surface area contributed by atoms with Gasteiger partial charge < -0.3 is 25.2 Å². The Labute approximate surface area is 113 Å². The van der Waals surface area contributed by atoms with Crippen molar-refractivity contribution in [1.29, 1.82) is 0 Å². The molecule has 1 heterocycles. The molecule has 0 aliphatic carbocycles. The van der Waals surface area contributed by atoms with E-state index in [1.807, 2.05) is 13.8 Å². The van der Waals surface area contributed by atoms with Gasteiger partial charge in [0.25, 0.3) is 0 Å². The smallest absolute Gasteiger partial charge is 0.242 e. The summed E-state index contributed by atoms with van der Waals surface area (Å²) in [6.07, 6.45) is 0.760. The summed E-state index contributed by atoms with van der Waals surface area (Å²) in [5, 5.41) is 9.70. The van der Waals surface area contributed by atoms with Crippen LogP contribution in [0.15, 0.2) is 6.33 Å². The van der Waals surface area contributed by atoms with Crippen LogP contribution in [0.1, 0.15) is 13.8 Å². The van der Waals surface area contributed by atoms with Crippen molar-refractivity contribution in [1.82, 2.24) is 9.97 Å². The second kappa shape index (κ2) is 7.10. The fourth-order valence-corrected chi connectivity index (χ4v) is 1.64. The van der Waals surface area contributed by atoms with Crippen LogP contribution in [0.4, 0.5) is 11.5 Å². The van der Waals surface area contributed by atoms with Gasteiger partial charge in [0.1, 0.15) is 12.0 Å². The molecule has 1 aromatic rings. The fraction of sp³-hybridized carbons (Fsp3) is 0.667. The summed E-state index contributed by atoms with van der Waals surface area (Å²) in [5.74, 6) is 0.883. The fourth-order valence-electron chi connectivity index (χ4n) is 1.64. The zero-order valence-corrected chi connectivity index (χ0v) is 11.8. The standard InChI is InChI=1S/C12H22N4O3/c1-8(2)19-12-10(13)11(14-7-15-12)16(3)5-9(17)6-18-4/h7-9,17H,5-6,13H2,1-4H3. The molecule has 108 valence electrons. The molecule has 0 radical (unpaired) electrons. The first kappa shape index (κ1) is 15.5. The Morgan fingerprint density at radius 2 is 2.11 bits per heavy atom. The first-order valence-electron chi connectivity index (χ1n) is 6.11. The molecule has 0 saturated carbocycles. The largest absolute Gasteiger partial charge is 0.473 e. The SMILES string of the molecule is COCC(O)CN(C)c1ncnc(OC(C)C)c1N. The van der Waals surface area contributed by atoms with Gasteiger partial charge in [0, 0.05) is 20.7 Å². The molecule has 0 bridgehead atoms. The molecule has 0 aliphatic rings. The molecule has 1 aromatic heterocycles. The number of rotatable bonds is 7. The van der Waals surface area contributed by atoms with Gasteiger partial charge in [0.05, 0.1) is 18.8 Å². The summed E-state index contributed by atoms with van der Waals surface area (Å²) in [6, 6.07) is 0.